The van der Waals surface area contributed by atoms with E-state index in [0.29, 0.717) is 18.7 Å². The number of amides is 2. The second-order valence-electron chi connectivity index (χ2n) is 5.34. The van der Waals surface area contributed by atoms with E-state index in [1.807, 2.05) is 13.8 Å². The molecule has 1 rings (SSSR count). The van der Waals surface area contributed by atoms with Crippen molar-refractivity contribution in [3.8, 4) is 0 Å². The van der Waals surface area contributed by atoms with Crippen LogP contribution < -0.4 is 4.90 Å². The molecule has 0 aliphatic heterocycles. The first-order valence-corrected chi connectivity index (χ1v) is 8.40. The first-order valence-electron chi connectivity index (χ1n) is 8.03. The summed E-state index contributed by atoms with van der Waals surface area (Å²) < 4.78 is 36.6. The Bertz CT molecular complexity index is 600. The molecule has 0 saturated carbocycles. The van der Waals surface area contributed by atoms with Crippen LogP contribution in [0.3, 0.4) is 0 Å². The molecule has 9 heteroatoms. The fourth-order valence-electron chi connectivity index (χ4n) is 2.33. The van der Waals surface area contributed by atoms with Crippen molar-refractivity contribution in [3.05, 3.63) is 29.8 Å². The average Bonchev–Trinajstić information content (AvgIpc) is 2.62. The highest BCUT2D eigenvalue weighted by Gasteiger charge is 2.41. The quantitative estimate of drug-likeness (QED) is 0.479. The van der Waals surface area contributed by atoms with Gasteiger partial charge in [-0.2, -0.15) is 8.78 Å². The Morgan fingerprint density at radius 2 is 1.62 bits per heavy atom. The standard InChI is InChI=1S/C17H23ClF2N2O4/c1-5-21(6-2)15(23)12-7-9-13(10-8-12)22(11-14(25-3)26-4)16(24)17(18,19)20/h7-10,14H,5-6,11H2,1-4H3. The van der Waals surface area contributed by atoms with Gasteiger partial charge in [0.2, 0.25) is 0 Å². The number of ether oxygens (including phenoxy) is 2. The van der Waals surface area contributed by atoms with Crippen molar-refractivity contribution >= 4 is 29.1 Å². The zero-order valence-corrected chi connectivity index (χ0v) is 15.9. The molecule has 1 aromatic rings. The molecule has 0 spiro atoms. The summed E-state index contributed by atoms with van der Waals surface area (Å²) in [5.41, 5.74) is 0.531. The number of alkyl halides is 3. The molecular formula is C17H23ClF2N2O4. The number of rotatable bonds is 9. The van der Waals surface area contributed by atoms with Gasteiger partial charge < -0.3 is 19.3 Å². The van der Waals surface area contributed by atoms with E-state index in [1.54, 1.807) is 4.90 Å². The largest absolute Gasteiger partial charge is 0.400 e. The molecule has 0 radical (unpaired) electrons. The van der Waals surface area contributed by atoms with Gasteiger partial charge in [-0.3, -0.25) is 9.59 Å². The van der Waals surface area contributed by atoms with Crippen LogP contribution in [0.2, 0.25) is 0 Å². The minimum absolute atomic E-state index is 0.144. The van der Waals surface area contributed by atoms with Gasteiger partial charge in [-0.25, -0.2) is 0 Å². The lowest BCUT2D eigenvalue weighted by Crippen LogP contribution is -2.45. The van der Waals surface area contributed by atoms with Gasteiger partial charge in [0.25, 0.3) is 5.91 Å². The second kappa shape index (κ2) is 9.80. The van der Waals surface area contributed by atoms with Gasteiger partial charge in [-0.05, 0) is 49.7 Å². The first-order chi connectivity index (χ1) is 12.2. The predicted octanol–water partition coefficient (Wildman–Crippen LogP) is 2.95. The number of benzene rings is 1. The van der Waals surface area contributed by atoms with Crippen LogP contribution in [0.5, 0.6) is 0 Å². The Balaban J connectivity index is 3.14. The molecule has 0 bridgehead atoms. The highest BCUT2D eigenvalue weighted by molar-refractivity contribution is 6.34. The zero-order chi connectivity index (χ0) is 19.9. The highest BCUT2D eigenvalue weighted by Crippen LogP contribution is 2.27. The summed E-state index contributed by atoms with van der Waals surface area (Å²) in [5, 5.41) is -4.08. The second-order valence-corrected chi connectivity index (χ2v) is 5.81. The van der Waals surface area contributed by atoms with Crippen LogP contribution in [0, 0.1) is 0 Å². The third-order valence-corrected chi connectivity index (χ3v) is 3.98. The lowest BCUT2D eigenvalue weighted by Gasteiger charge is -2.28. The first kappa shape index (κ1) is 22.3. The number of carbonyl (C=O) groups is 2. The van der Waals surface area contributed by atoms with Crippen LogP contribution in [-0.2, 0) is 14.3 Å². The van der Waals surface area contributed by atoms with E-state index in [9.17, 15) is 18.4 Å². The van der Waals surface area contributed by atoms with Crippen molar-refractivity contribution in [1.29, 1.82) is 0 Å². The molecule has 2 amide bonds. The maximum atomic E-state index is 13.3. The van der Waals surface area contributed by atoms with Gasteiger partial charge in [0.1, 0.15) is 0 Å². The summed E-state index contributed by atoms with van der Waals surface area (Å²) >= 11 is 4.89. The molecule has 0 fully saturated rings. The van der Waals surface area contributed by atoms with Crippen molar-refractivity contribution in [2.24, 2.45) is 0 Å². The number of methoxy groups -OCH3 is 2. The summed E-state index contributed by atoms with van der Waals surface area (Å²) in [6.07, 6.45) is -0.921. The summed E-state index contributed by atoms with van der Waals surface area (Å²) in [5.74, 6) is -1.80. The zero-order valence-electron chi connectivity index (χ0n) is 15.2. The van der Waals surface area contributed by atoms with Crippen LogP contribution in [0.15, 0.2) is 24.3 Å². The molecule has 26 heavy (non-hydrogen) atoms. The van der Waals surface area contributed by atoms with Gasteiger partial charge in [0.15, 0.2) is 6.29 Å². The SMILES string of the molecule is CCN(CC)C(=O)c1ccc(N(CC(OC)OC)C(=O)C(F)(F)Cl)cc1. The summed E-state index contributed by atoms with van der Waals surface area (Å²) in [7, 11) is 2.64. The topological polar surface area (TPSA) is 59.1 Å². The van der Waals surface area contributed by atoms with E-state index in [4.69, 9.17) is 21.1 Å². The monoisotopic (exact) mass is 392 g/mol. The van der Waals surface area contributed by atoms with Gasteiger partial charge in [0.05, 0.1) is 6.54 Å². The minimum atomic E-state index is -4.08. The third-order valence-electron chi connectivity index (χ3n) is 3.82. The van der Waals surface area contributed by atoms with Crippen LogP contribution in [0.1, 0.15) is 24.2 Å². The average molecular weight is 393 g/mol. The fourth-order valence-corrected chi connectivity index (χ4v) is 2.43. The van der Waals surface area contributed by atoms with Crippen molar-refractivity contribution in [1.82, 2.24) is 4.90 Å². The lowest BCUT2D eigenvalue weighted by atomic mass is 10.1. The number of hydrogen-bond acceptors (Lipinski definition) is 4. The molecule has 0 aliphatic rings. The Hall–Kier alpha value is -1.77. The summed E-state index contributed by atoms with van der Waals surface area (Å²) in [4.78, 5) is 26.7. The van der Waals surface area contributed by atoms with E-state index in [1.165, 1.54) is 38.5 Å². The maximum absolute atomic E-state index is 13.3. The fraction of sp³-hybridized carbons (Fsp3) is 0.529. The van der Waals surface area contributed by atoms with Gasteiger partial charge in [-0.15, -0.1) is 0 Å². The van der Waals surface area contributed by atoms with E-state index in [-0.39, 0.29) is 18.1 Å². The molecule has 146 valence electrons. The minimum Gasteiger partial charge on any atom is -0.354 e. The normalized spacial score (nSPS) is 11.5. The molecule has 0 N–H and O–H groups in total. The number of hydrogen-bond donors (Lipinski definition) is 0. The van der Waals surface area contributed by atoms with Crippen molar-refractivity contribution < 1.29 is 27.8 Å². The molecule has 0 aromatic heterocycles. The van der Waals surface area contributed by atoms with Crippen LogP contribution in [-0.4, -0.2) is 62.2 Å². The summed E-state index contributed by atoms with van der Waals surface area (Å²) in [6.45, 7) is 4.51. The van der Waals surface area contributed by atoms with Crippen molar-refractivity contribution in [2.45, 2.75) is 25.5 Å². The van der Waals surface area contributed by atoms with Crippen LogP contribution in [0.25, 0.3) is 0 Å². The number of anilines is 1. The molecule has 1 aromatic carbocycles. The number of carbonyl (C=O) groups excluding carboxylic acids is 2. The van der Waals surface area contributed by atoms with Gasteiger partial charge in [-0.1, -0.05) is 0 Å². The predicted molar refractivity (Wildman–Crippen MR) is 94.7 cm³/mol. The van der Waals surface area contributed by atoms with E-state index < -0.39 is 17.6 Å². The Labute approximate surface area is 156 Å². The van der Waals surface area contributed by atoms with Gasteiger partial charge in [0, 0.05) is 38.6 Å². The maximum Gasteiger partial charge on any atom is 0.400 e. The van der Waals surface area contributed by atoms with Crippen molar-refractivity contribution in [2.75, 3.05) is 38.8 Å². The third kappa shape index (κ3) is 5.62. The molecule has 0 unspecified atom stereocenters. The molecule has 0 aliphatic carbocycles. The Kier molecular flexibility index (Phi) is 8.39. The Morgan fingerprint density at radius 1 is 1.12 bits per heavy atom. The molecule has 0 atom stereocenters. The van der Waals surface area contributed by atoms with Crippen molar-refractivity contribution in [3.63, 3.8) is 0 Å². The highest BCUT2D eigenvalue weighted by atomic mass is 35.5. The van der Waals surface area contributed by atoms with Crippen LogP contribution in [0.4, 0.5) is 14.5 Å². The molecule has 6 nitrogen and oxygen atoms in total. The smallest absolute Gasteiger partial charge is 0.354 e. The van der Waals surface area contributed by atoms with Gasteiger partial charge >= 0.3 is 11.3 Å². The van der Waals surface area contributed by atoms with E-state index in [0.717, 1.165) is 4.90 Å². The number of halogens is 3. The molecule has 0 saturated heterocycles. The van der Waals surface area contributed by atoms with E-state index in [2.05, 4.69) is 0 Å². The van der Waals surface area contributed by atoms with E-state index >= 15 is 0 Å². The molecular weight excluding hydrogens is 370 g/mol. The Morgan fingerprint density at radius 3 is 2.00 bits per heavy atom. The van der Waals surface area contributed by atoms with Crippen LogP contribution >= 0.6 is 11.6 Å². The summed E-state index contributed by atoms with van der Waals surface area (Å²) in [6, 6.07) is 5.74. The molecule has 0 heterocycles. The lowest BCUT2D eigenvalue weighted by molar-refractivity contribution is -0.136. The number of nitrogens with zero attached hydrogens (tertiary/aromatic N) is 2.